The normalized spacial score (nSPS) is 19.8. The van der Waals surface area contributed by atoms with E-state index in [1.165, 1.54) is 17.6 Å². The number of amides is 2. The van der Waals surface area contributed by atoms with Crippen LogP contribution in [0.1, 0.15) is 25.8 Å². The summed E-state index contributed by atoms with van der Waals surface area (Å²) < 4.78 is 20.5. The first-order valence-electron chi connectivity index (χ1n) is 16.3. The number of ether oxygens (including phenoxy) is 3. The highest BCUT2D eigenvalue weighted by molar-refractivity contribution is 6.35. The molecule has 2 aliphatic rings. The van der Waals surface area contributed by atoms with Crippen molar-refractivity contribution in [2.24, 2.45) is 0 Å². The van der Waals surface area contributed by atoms with E-state index in [1.54, 1.807) is 23.1 Å². The van der Waals surface area contributed by atoms with E-state index >= 15 is 0 Å². The Kier molecular flexibility index (Phi) is 10.9. The summed E-state index contributed by atoms with van der Waals surface area (Å²) in [6.07, 6.45) is 4.87. The van der Waals surface area contributed by atoms with E-state index in [2.05, 4.69) is 37.3 Å². The maximum atomic E-state index is 12.6. The second-order valence-electron chi connectivity index (χ2n) is 12.1. The van der Waals surface area contributed by atoms with Crippen molar-refractivity contribution in [3.05, 3.63) is 95.0 Å². The fraction of sp³-hybridized carbons (Fsp3) is 0.371. The molecule has 3 N–H and O–H groups in total. The van der Waals surface area contributed by atoms with Gasteiger partial charge >= 0.3 is 6.03 Å². The van der Waals surface area contributed by atoms with E-state index in [1.807, 2.05) is 56.3 Å². The first-order valence-corrected chi connectivity index (χ1v) is 17.1. The van der Waals surface area contributed by atoms with Crippen LogP contribution in [0.25, 0.3) is 0 Å². The molecule has 0 aliphatic carbocycles. The molecule has 1 aromatic heterocycles. The van der Waals surface area contributed by atoms with Gasteiger partial charge in [-0.15, -0.1) is 4.90 Å². The third-order valence-corrected chi connectivity index (χ3v) is 9.35. The van der Waals surface area contributed by atoms with Crippen molar-refractivity contribution in [2.45, 2.75) is 44.7 Å². The number of rotatable bonds is 12. The monoisotopic (exact) mass is 707 g/mol. The molecule has 0 bridgehead atoms. The van der Waals surface area contributed by atoms with Gasteiger partial charge in [-0.25, -0.2) is 14.5 Å². The number of hydrogen-bond donors (Lipinski definition) is 2. The van der Waals surface area contributed by atoms with Gasteiger partial charge in [0, 0.05) is 54.2 Å². The summed E-state index contributed by atoms with van der Waals surface area (Å²) in [6.45, 7) is 8.34. The van der Waals surface area contributed by atoms with Crippen LogP contribution in [-0.4, -0.2) is 78.7 Å². The van der Waals surface area contributed by atoms with E-state index in [-0.39, 0.29) is 24.7 Å². The van der Waals surface area contributed by atoms with Gasteiger partial charge in [-0.3, -0.25) is 5.41 Å². The van der Waals surface area contributed by atoms with E-state index in [4.69, 9.17) is 42.8 Å². The van der Waals surface area contributed by atoms with Gasteiger partial charge in [0.2, 0.25) is 12.1 Å². The number of nitrogens with zero attached hydrogens (tertiary/aromatic N) is 6. The Bertz CT molecular complexity index is 1700. The quantitative estimate of drug-likeness (QED) is 0.165. The van der Waals surface area contributed by atoms with E-state index < -0.39 is 5.79 Å². The Balaban J connectivity index is 1.01. The zero-order valence-corrected chi connectivity index (χ0v) is 29.1. The average molecular weight is 709 g/mol. The molecule has 0 radical (unpaired) electrons. The molecule has 2 aliphatic heterocycles. The summed E-state index contributed by atoms with van der Waals surface area (Å²) in [5.74, 6) is -0.421. The molecule has 0 saturated carbocycles. The number of piperazine rings is 1. The minimum atomic E-state index is -1.16. The van der Waals surface area contributed by atoms with Gasteiger partial charge in [0.25, 0.3) is 0 Å². The van der Waals surface area contributed by atoms with Crippen LogP contribution in [0, 0.1) is 0 Å². The van der Waals surface area contributed by atoms with Crippen molar-refractivity contribution in [2.75, 3.05) is 54.1 Å². The van der Waals surface area contributed by atoms with Crippen LogP contribution in [0.5, 0.6) is 5.75 Å². The Labute approximate surface area is 296 Å². The lowest BCUT2D eigenvalue weighted by Crippen LogP contribution is -2.50. The number of halogens is 2. The number of carbonyl (C=O) groups is 1. The van der Waals surface area contributed by atoms with E-state index in [9.17, 15) is 4.79 Å². The first-order chi connectivity index (χ1) is 23.8. The highest BCUT2D eigenvalue weighted by atomic mass is 35.5. The summed E-state index contributed by atoms with van der Waals surface area (Å²) in [6, 6.07) is 21.1. The molecule has 49 heavy (non-hydrogen) atoms. The molecule has 4 aromatic rings. The number of anilines is 3. The van der Waals surface area contributed by atoms with Gasteiger partial charge in [0.1, 0.15) is 43.3 Å². The molecule has 3 aromatic carbocycles. The highest BCUT2D eigenvalue weighted by Crippen LogP contribution is 2.40. The zero-order chi connectivity index (χ0) is 34.4. The number of hydrogen-bond acceptors (Lipinski definition) is 8. The van der Waals surface area contributed by atoms with Crippen molar-refractivity contribution >= 4 is 52.6 Å². The van der Waals surface area contributed by atoms with Gasteiger partial charge in [-0.2, -0.15) is 5.10 Å². The molecule has 3 atom stereocenters. The predicted octanol–water partition coefficient (Wildman–Crippen LogP) is 4.36. The molecular weight excluding hydrogens is 667 g/mol. The molecule has 6 rings (SSSR count). The molecule has 14 heteroatoms. The van der Waals surface area contributed by atoms with Crippen LogP contribution in [-0.2, 0) is 21.8 Å². The molecule has 3 heterocycles. The average Bonchev–Trinajstić information content (AvgIpc) is 3.79. The number of nitrogens with two attached hydrogens (primary N) is 1. The van der Waals surface area contributed by atoms with Crippen molar-refractivity contribution < 1.29 is 24.4 Å². The summed E-state index contributed by atoms with van der Waals surface area (Å²) in [5.41, 5.74) is 3.62. The maximum absolute atomic E-state index is 12.6. The molecule has 12 nitrogen and oxygen atoms in total. The lowest BCUT2D eigenvalue weighted by atomic mass is 10.1. The minimum absolute atomic E-state index is 0.0656. The van der Waals surface area contributed by atoms with Crippen LogP contribution >= 0.6 is 23.2 Å². The minimum Gasteiger partial charge on any atom is -0.491 e. The lowest BCUT2D eigenvalue weighted by molar-refractivity contribution is -0.190. The van der Waals surface area contributed by atoms with Crippen molar-refractivity contribution in [1.82, 2.24) is 20.1 Å². The van der Waals surface area contributed by atoms with Gasteiger partial charge in [-0.1, -0.05) is 36.2 Å². The van der Waals surface area contributed by atoms with Crippen LogP contribution in [0.3, 0.4) is 0 Å². The Hall–Kier alpha value is -4.36. The summed E-state index contributed by atoms with van der Waals surface area (Å²) in [5, 5.41) is 13.9. The zero-order valence-electron chi connectivity index (χ0n) is 27.5. The molecule has 2 amide bonds. The van der Waals surface area contributed by atoms with Gasteiger partial charge < -0.3 is 29.3 Å². The number of aromatic nitrogens is 3. The fourth-order valence-corrected chi connectivity index (χ4v) is 6.48. The van der Waals surface area contributed by atoms with Gasteiger partial charge in [-0.05, 0) is 74.0 Å². The van der Waals surface area contributed by atoms with Crippen LogP contribution < -0.4 is 30.2 Å². The van der Waals surface area contributed by atoms with Crippen LogP contribution in [0.15, 0.2) is 79.4 Å². The highest BCUT2D eigenvalue weighted by Gasteiger charge is 2.45. The Morgan fingerprint density at radius 2 is 1.76 bits per heavy atom. The molecule has 3 unspecified atom stereocenters. The largest absolute Gasteiger partial charge is 0.491 e. The van der Waals surface area contributed by atoms with Crippen molar-refractivity contribution in [3.63, 3.8) is 0 Å². The van der Waals surface area contributed by atoms with Crippen molar-refractivity contribution in [1.29, 1.82) is 0 Å². The number of benzene rings is 3. The summed E-state index contributed by atoms with van der Waals surface area (Å²) in [4.78, 5) is 22.8. The predicted molar refractivity (Wildman–Crippen MR) is 191 cm³/mol. The van der Waals surface area contributed by atoms with Gasteiger partial charge in [0.05, 0.1) is 11.6 Å². The molecule has 258 valence electrons. The molecule has 2 fully saturated rings. The van der Waals surface area contributed by atoms with Crippen molar-refractivity contribution in [3.8, 4) is 5.75 Å². The Morgan fingerprint density at radius 3 is 2.35 bits per heavy atom. The third kappa shape index (κ3) is 8.10. The molecule has 2 saturated heterocycles. The summed E-state index contributed by atoms with van der Waals surface area (Å²) in [7, 11) is 0. The molecule has 0 spiro atoms. The first kappa shape index (κ1) is 34.5. The SMILES string of the molecule is CCC(C)NC(=O)N(C=[NH2+])c1ccc(N2CCN(c3ccc(OCC4COC(Cn5cncn5)(c5ccc(Cl)cc5Cl)O4)cc3)CC2)cc1. The van der Waals surface area contributed by atoms with Crippen LogP contribution in [0.2, 0.25) is 10.0 Å². The fourth-order valence-electron chi connectivity index (χ4n) is 5.92. The second-order valence-corrected chi connectivity index (χ2v) is 12.9. The number of urea groups is 1. The number of nitrogens with one attached hydrogen (secondary N) is 1. The van der Waals surface area contributed by atoms with Gasteiger partial charge in [0.15, 0.2) is 0 Å². The topological polar surface area (TPSA) is 123 Å². The standard InChI is InChI=1S/C35H40Cl2N8O4/c1-3-25(2)41-34(46)45(22-38)29-7-5-27(6-8-29)42-14-16-43(17-15-42)28-9-11-30(12-10-28)47-19-31-20-48-35(49-31,21-44-24-39-23-40-44)32-13-4-26(36)18-33(32)37/h4-13,18,22-25,31,38H,3,14-17,19-21H2,1-2H3,(H,41,46)/p+1. The van der Waals surface area contributed by atoms with E-state index in [0.717, 1.165) is 55.4 Å². The lowest BCUT2D eigenvalue weighted by Gasteiger charge is -2.37. The number of carbonyl (C=O) groups excluding carboxylic acids is 1. The van der Waals surface area contributed by atoms with E-state index in [0.29, 0.717) is 28.8 Å². The van der Waals surface area contributed by atoms with Crippen LogP contribution in [0.4, 0.5) is 21.9 Å². The smallest absolute Gasteiger partial charge is 0.413 e. The third-order valence-electron chi connectivity index (χ3n) is 8.80. The second kappa shape index (κ2) is 15.5. The summed E-state index contributed by atoms with van der Waals surface area (Å²) >= 11 is 12.7. The Morgan fingerprint density at radius 1 is 1.08 bits per heavy atom. The maximum Gasteiger partial charge on any atom is 0.413 e. The molecular formula is C35H41Cl2N8O4+.